The Labute approximate surface area is 104 Å². The molecular formula is C12H14N4O2. The normalized spacial score (nSPS) is 10.2. The highest BCUT2D eigenvalue weighted by Gasteiger charge is 2.03. The highest BCUT2D eigenvalue weighted by molar-refractivity contribution is 5.21. The second-order valence-electron chi connectivity index (χ2n) is 3.73. The van der Waals surface area contributed by atoms with E-state index in [0.29, 0.717) is 11.3 Å². The van der Waals surface area contributed by atoms with E-state index < -0.39 is 0 Å². The summed E-state index contributed by atoms with van der Waals surface area (Å²) in [5.74, 6) is 0.0657. The lowest BCUT2D eigenvalue weighted by molar-refractivity contribution is 0.171. The molecule has 0 unspecified atom stereocenters. The Morgan fingerprint density at radius 2 is 2.06 bits per heavy atom. The van der Waals surface area contributed by atoms with Crippen molar-refractivity contribution in [3.05, 3.63) is 47.4 Å². The summed E-state index contributed by atoms with van der Waals surface area (Å²) in [5, 5.41) is 16.6. The molecule has 6 heteroatoms. The topological polar surface area (TPSA) is 97.1 Å². The van der Waals surface area contributed by atoms with Gasteiger partial charge in [0.1, 0.15) is 0 Å². The smallest absolute Gasteiger partial charge is 0.239 e. The van der Waals surface area contributed by atoms with Crippen LogP contribution in [0.15, 0.2) is 36.4 Å². The van der Waals surface area contributed by atoms with Gasteiger partial charge in [-0.3, -0.25) is 5.41 Å². The molecule has 0 amide bonds. The lowest BCUT2D eigenvalue weighted by Gasteiger charge is -2.07. The number of hydrogen-bond donors (Lipinski definition) is 3. The third kappa shape index (κ3) is 2.79. The number of benzene rings is 1. The average Bonchev–Trinajstić information content (AvgIpc) is 2.37. The van der Waals surface area contributed by atoms with Gasteiger partial charge in [0.15, 0.2) is 5.49 Å². The minimum absolute atomic E-state index is 0.169. The number of ether oxygens (including phenoxy) is 1. The molecule has 0 aliphatic rings. The second-order valence-corrected chi connectivity index (χ2v) is 3.73. The summed E-state index contributed by atoms with van der Waals surface area (Å²) in [5.41, 5.74) is 6.39. The van der Waals surface area contributed by atoms with Gasteiger partial charge >= 0.3 is 0 Å². The van der Waals surface area contributed by atoms with E-state index in [9.17, 15) is 5.21 Å². The summed E-state index contributed by atoms with van der Waals surface area (Å²) in [6.07, 6.45) is 0.740. The molecular weight excluding hydrogens is 232 g/mol. The molecule has 0 radical (unpaired) electrons. The molecule has 94 valence electrons. The number of anilines is 1. The van der Waals surface area contributed by atoms with Crippen LogP contribution in [0.1, 0.15) is 5.56 Å². The average molecular weight is 246 g/mol. The van der Waals surface area contributed by atoms with Gasteiger partial charge in [0.05, 0.1) is 6.61 Å². The maximum Gasteiger partial charge on any atom is 0.239 e. The molecule has 1 aromatic heterocycles. The lowest BCUT2D eigenvalue weighted by Crippen LogP contribution is -2.22. The maximum absolute atomic E-state index is 9.22. The minimum Gasteiger partial charge on any atom is -0.477 e. The first-order valence-electron chi connectivity index (χ1n) is 5.47. The first-order chi connectivity index (χ1) is 8.66. The summed E-state index contributed by atoms with van der Waals surface area (Å²) in [4.78, 5) is 3.81. The fourth-order valence-electron chi connectivity index (χ4n) is 1.49. The minimum atomic E-state index is -0.169. The predicted octanol–water partition coefficient (Wildman–Crippen LogP) is 0.804. The van der Waals surface area contributed by atoms with Crippen molar-refractivity contribution in [1.82, 2.24) is 9.71 Å². The Morgan fingerprint density at radius 3 is 2.72 bits per heavy atom. The van der Waals surface area contributed by atoms with Crippen LogP contribution in [0.4, 0.5) is 5.95 Å². The Hall–Kier alpha value is -2.50. The van der Waals surface area contributed by atoms with Crippen LogP contribution in [0.25, 0.3) is 0 Å². The SMILES string of the molecule is N=c1cc(OCCc2ccccc2)nc(N)n1O. The molecule has 2 aromatic rings. The van der Waals surface area contributed by atoms with Crippen LogP contribution in [0, 0.1) is 5.41 Å². The molecule has 0 bridgehead atoms. The van der Waals surface area contributed by atoms with Crippen molar-refractivity contribution in [3.8, 4) is 5.88 Å². The van der Waals surface area contributed by atoms with Crippen molar-refractivity contribution >= 4 is 5.95 Å². The summed E-state index contributed by atoms with van der Waals surface area (Å²) in [6, 6.07) is 11.2. The van der Waals surface area contributed by atoms with Crippen molar-refractivity contribution in [2.45, 2.75) is 6.42 Å². The Bertz CT molecular complexity index is 580. The van der Waals surface area contributed by atoms with Crippen molar-refractivity contribution in [2.75, 3.05) is 12.3 Å². The van der Waals surface area contributed by atoms with E-state index in [4.69, 9.17) is 15.9 Å². The number of nitrogens with two attached hydrogens (primary N) is 1. The van der Waals surface area contributed by atoms with Gasteiger partial charge in [0.25, 0.3) is 0 Å². The van der Waals surface area contributed by atoms with Crippen LogP contribution in [0.5, 0.6) is 5.88 Å². The highest BCUT2D eigenvalue weighted by Crippen LogP contribution is 2.06. The monoisotopic (exact) mass is 246 g/mol. The van der Waals surface area contributed by atoms with E-state index in [0.717, 1.165) is 12.0 Å². The molecule has 1 aromatic carbocycles. The van der Waals surface area contributed by atoms with Crippen LogP contribution in [0.2, 0.25) is 0 Å². The Balaban J connectivity index is 1.97. The molecule has 0 saturated carbocycles. The summed E-state index contributed by atoms with van der Waals surface area (Å²) in [6.45, 7) is 0.436. The molecule has 0 spiro atoms. The third-order valence-corrected chi connectivity index (χ3v) is 2.41. The van der Waals surface area contributed by atoms with Crippen molar-refractivity contribution in [2.24, 2.45) is 0 Å². The van der Waals surface area contributed by atoms with Gasteiger partial charge in [0, 0.05) is 12.5 Å². The van der Waals surface area contributed by atoms with Crippen LogP contribution >= 0.6 is 0 Å². The van der Waals surface area contributed by atoms with Gasteiger partial charge in [-0.25, -0.2) is 0 Å². The Kier molecular flexibility index (Phi) is 3.47. The highest BCUT2D eigenvalue weighted by atomic mass is 16.5. The fourth-order valence-corrected chi connectivity index (χ4v) is 1.49. The molecule has 2 rings (SSSR count). The van der Waals surface area contributed by atoms with Crippen LogP contribution in [-0.2, 0) is 6.42 Å². The molecule has 0 saturated heterocycles. The second kappa shape index (κ2) is 5.22. The van der Waals surface area contributed by atoms with E-state index in [-0.39, 0.29) is 17.3 Å². The molecule has 0 aliphatic carbocycles. The van der Waals surface area contributed by atoms with Crippen molar-refractivity contribution in [3.63, 3.8) is 0 Å². The quantitative estimate of drug-likeness (QED) is 0.695. The number of hydrogen-bond acceptors (Lipinski definition) is 5. The first-order valence-corrected chi connectivity index (χ1v) is 5.47. The molecule has 4 N–H and O–H groups in total. The van der Waals surface area contributed by atoms with Crippen LogP contribution in [0.3, 0.4) is 0 Å². The van der Waals surface area contributed by atoms with E-state index >= 15 is 0 Å². The van der Waals surface area contributed by atoms with Gasteiger partial charge in [-0.1, -0.05) is 30.3 Å². The molecule has 18 heavy (non-hydrogen) atoms. The summed E-state index contributed by atoms with van der Waals surface area (Å²) in [7, 11) is 0. The molecule has 0 atom stereocenters. The predicted molar refractivity (Wildman–Crippen MR) is 65.3 cm³/mol. The molecule has 0 fully saturated rings. The lowest BCUT2D eigenvalue weighted by atomic mass is 10.2. The standard InChI is InChI=1S/C12H14N4O2/c13-10-8-11(15-12(14)16(10)17)18-7-6-9-4-2-1-3-5-9/h1-5,8,13,17H,6-7H2,(H2,14,15). The van der Waals surface area contributed by atoms with Gasteiger partial charge in [-0.05, 0) is 5.56 Å². The number of nitrogens with zero attached hydrogens (tertiary/aromatic N) is 2. The largest absolute Gasteiger partial charge is 0.477 e. The number of aromatic nitrogens is 2. The van der Waals surface area contributed by atoms with Crippen molar-refractivity contribution in [1.29, 1.82) is 5.41 Å². The van der Waals surface area contributed by atoms with E-state index in [1.165, 1.54) is 6.07 Å². The van der Waals surface area contributed by atoms with Crippen LogP contribution < -0.4 is 16.0 Å². The zero-order chi connectivity index (χ0) is 13.0. The molecule has 6 nitrogen and oxygen atoms in total. The molecule has 0 aliphatic heterocycles. The van der Waals surface area contributed by atoms with Crippen LogP contribution in [-0.4, -0.2) is 21.5 Å². The van der Waals surface area contributed by atoms with Gasteiger partial charge in [0.2, 0.25) is 11.8 Å². The maximum atomic E-state index is 9.22. The van der Waals surface area contributed by atoms with Gasteiger partial charge < -0.3 is 15.7 Å². The van der Waals surface area contributed by atoms with Crippen molar-refractivity contribution < 1.29 is 9.94 Å². The number of nitrogen functional groups attached to an aromatic ring is 1. The van der Waals surface area contributed by atoms with E-state index in [1.807, 2.05) is 30.3 Å². The number of nitrogens with one attached hydrogen (secondary N) is 1. The van der Waals surface area contributed by atoms with Gasteiger partial charge in [-0.2, -0.15) is 4.98 Å². The Morgan fingerprint density at radius 1 is 1.33 bits per heavy atom. The zero-order valence-corrected chi connectivity index (χ0v) is 9.71. The van der Waals surface area contributed by atoms with E-state index in [2.05, 4.69) is 4.98 Å². The summed E-state index contributed by atoms with van der Waals surface area (Å²) >= 11 is 0. The van der Waals surface area contributed by atoms with E-state index in [1.54, 1.807) is 0 Å². The zero-order valence-electron chi connectivity index (χ0n) is 9.71. The molecule has 1 heterocycles. The number of rotatable bonds is 4. The first kappa shape index (κ1) is 12.0. The third-order valence-electron chi connectivity index (χ3n) is 2.41. The van der Waals surface area contributed by atoms with Gasteiger partial charge in [-0.15, -0.1) is 4.73 Å². The fraction of sp³-hybridized carbons (Fsp3) is 0.167. The summed E-state index contributed by atoms with van der Waals surface area (Å²) < 4.78 is 5.88.